The lowest BCUT2D eigenvalue weighted by molar-refractivity contribution is -0.385. The molecule has 0 spiro atoms. The van der Waals surface area contributed by atoms with E-state index in [-0.39, 0.29) is 47.5 Å². The first-order chi connectivity index (χ1) is 14.6. The van der Waals surface area contributed by atoms with E-state index >= 15 is 0 Å². The molecule has 1 amide bonds. The van der Waals surface area contributed by atoms with Crippen LogP contribution in [0.2, 0.25) is 0 Å². The summed E-state index contributed by atoms with van der Waals surface area (Å²) in [5, 5.41) is 11.3. The first-order valence-corrected chi connectivity index (χ1v) is 9.89. The third kappa shape index (κ3) is 5.11. The van der Waals surface area contributed by atoms with Gasteiger partial charge in [0.15, 0.2) is 11.4 Å². The van der Waals surface area contributed by atoms with Crippen LogP contribution in [-0.4, -0.2) is 34.0 Å². The fraction of sp³-hybridized carbons (Fsp3) is 0.450. The molecule has 0 atom stereocenters. The number of anilines is 2. The third-order valence-corrected chi connectivity index (χ3v) is 4.63. The number of rotatable bonds is 9. The maximum absolute atomic E-state index is 13.3. The van der Waals surface area contributed by atoms with E-state index in [2.05, 4.69) is 4.98 Å². The minimum Gasteiger partial charge on any atom is -0.490 e. The number of H-pyrrole nitrogens is 1. The Morgan fingerprint density at radius 1 is 1.35 bits per heavy atom. The summed E-state index contributed by atoms with van der Waals surface area (Å²) in [4.78, 5) is 52.3. The first-order valence-electron chi connectivity index (χ1n) is 9.89. The Hall–Kier alpha value is -3.63. The standard InChI is InChI=1S/C20H27N5O6/c1-5-6-9-23(16-17(21)24(11-12(2)3)20(28)22-18(16)26)19(27)13-7-8-15(31-4)14(10-13)25(29)30/h7-8,10,12H,5-6,9,11,21H2,1-4H3,(H,22,26,28). The monoisotopic (exact) mass is 433 g/mol. The fourth-order valence-electron chi connectivity index (χ4n) is 3.14. The Morgan fingerprint density at radius 2 is 2.03 bits per heavy atom. The zero-order valence-electron chi connectivity index (χ0n) is 18.0. The number of nitro groups is 1. The number of unbranched alkanes of at least 4 members (excludes halogenated alkanes) is 1. The van der Waals surface area contributed by atoms with Crippen LogP contribution in [0.25, 0.3) is 0 Å². The number of hydrogen-bond acceptors (Lipinski definition) is 7. The SMILES string of the molecule is CCCCN(C(=O)c1ccc(OC)c([N+](=O)[O-])c1)c1c(N)n(CC(C)C)c(=O)[nH]c1=O. The maximum Gasteiger partial charge on any atom is 0.330 e. The molecular weight excluding hydrogens is 406 g/mol. The zero-order valence-corrected chi connectivity index (χ0v) is 18.0. The molecule has 31 heavy (non-hydrogen) atoms. The summed E-state index contributed by atoms with van der Waals surface area (Å²) in [5.74, 6) is -0.714. The molecule has 3 N–H and O–H groups in total. The molecule has 1 aromatic carbocycles. The summed E-state index contributed by atoms with van der Waals surface area (Å²) in [7, 11) is 1.29. The topological polar surface area (TPSA) is 154 Å². The van der Waals surface area contributed by atoms with Gasteiger partial charge in [0.05, 0.1) is 12.0 Å². The Labute approximate surface area is 178 Å². The van der Waals surface area contributed by atoms with Crippen LogP contribution in [0.5, 0.6) is 5.75 Å². The molecule has 168 valence electrons. The molecule has 1 aromatic heterocycles. The molecule has 0 saturated carbocycles. The van der Waals surface area contributed by atoms with Crippen molar-refractivity contribution in [3.8, 4) is 5.75 Å². The molecule has 11 nitrogen and oxygen atoms in total. The van der Waals surface area contributed by atoms with Gasteiger partial charge in [-0.25, -0.2) is 4.79 Å². The summed E-state index contributed by atoms with van der Waals surface area (Å²) in [6.45, 7) is 6.06. The summed E-state index contributed by atoms with van der Waals surface area (Å²) >= 11 is 0. The molecule has 0 radical (unpaired) electrons. The molecule has 0 unspecified atom stereocenters. The summed E-state index contributed by atoms with van der Waals surface area (Å²) < 4.78 is 6.19. The van der Waals surface area contributed by atoms with Crippen molar-refractivity contribution in [2.24, 2.45) is 5.92 Å². The van der Waals surface area contributed by atoms with Crippen LogP contribution in [-0.2, 0) is 6.54 Å². The van der Waals surface area contributed by atoms with Gasteiger partial charge in [0.25, 0.3) is 11.5 Å². The molecule has 2 aromatic rings. The van der Waals surface area contributed by atoms with Crippen LogP contribution < -0.4 is 26.6 Å². The fourth-order valence-corrected chi connectivity index (χ4v) is 3.14. The number of aromatic nitrogens is 2. The number of nitro benzene ring substituents is 1. The van der Waals surface area contributed by atoms with Crippen LogP contribution in [0.1, 0.15) is 44.0 Å². The van der Waals surface area contributed by atoms with Gasteiger partial charge >= 0.3 is 11.4 Å². The van der Waals surface area contributed by atoms with E-state index in [0.29, 0.717) is 6.42 Å². The van der Waals surface area contributed by atoms with Gasteiger partial charge in [-0.1, -0.05) is 27.2 Å². The predicted molar refractivity (Wildman–Crippen MR) is 117 cm³/mol. The van der Waals surface area contributed by atoms with Crippen molar-refractivity contribution >= 4 is 23.1 Å². The number of ether oxygens (including phenoxy) is 1. The van der Waals surface area contributed by atoms with E-state index in [1.165, 1.54) is 28.7 Å². The Kier molecular flexibility index (Phi) is 7.56. The van der Waals surface area contributed by atoms with E-state index in [0.717, 1.165) is 12.5 Å². The van der Waals surface area contributed by atoms with Crippen LogP contribution in [0.3, 0.4) is 0 Å². The van der Waals surface area contributed by atoms with E-state index in [1.807, 2.05) is 20.8 Å². The Bertz CT molecular complexity index is 1090. The third-order valence-electron chi connectivity index (χ3n) is 4.63. The highest BCUT2D eigenvalue weighted by Gasteiger charge is 2.27. The number of carbonyl (C=O) groups is 1. The van der Waals surface area contributed by atoms with Crippen LogP contribution in [0.15, 0.2) is 27.8 Å². The van der Waals surface area contributed by atoms with Gasteiger partial charge in [-0.15, -0.1) is 0 Å². The minimum absolute atomic E-state index is 0.00417. The van der Waals surface area contributed by atoms with Gasteiger partial charge < -0.3 is 15.4 Å². The Morgan fingerprint density at radius 3 is 2.58 bits per heavy atom. The summed E-state index contributed by atoms with van der Waals surface area (Å²) in [6, 6.07) is 3.78. The maximum atomic E-state index is 13.3. The van der Waals surface area contributed by atoms with E-state index in [9.17, 15) is 24.5 Å². The molecular formula is C20H27N5O6. The van der Waals surface area contributed by atoms with Gasteiger partial charge in [0.1, 0.15) is 5.82 Å². The van der Waals surface area contributed by atoms with Crippen molar-refractivity contribution in [3.63, 3.8) is 0 Å². The molecule has 0 aliphatic rings. The number of nitrogens with two attached hydrogens (primary N) is 1. The zero-order chi connectivity index (χ0) is 23.3. The van der Waals surface area contributed by atoms with E-state index in [4.69, 9.17) is 10.5 Å². The van der Waals surface area contributed by atoms with Crippen LogP contribution in [0, 0.1) is 16.0 Å². The summed E-state index contributed by atoms with van der Waals surface area (Å²) in [6.07, 6.45) is 1.27. The van der Waals surface area contributed by atoms with Gasteiger partial charge in [0.2, 0.25) is 0 Å². The van der Waals surface area contributed by atoms with Crippen molar-refractivity contribution in [2.45, 2.75) is 40.2 Å². The number of methoxy groups -OCH3 is 1. The van der Waals surface area contributed by atoms with Crippen molar-refractivity contribution in [2.75, 3.05) is 24.3 Å². The average Bonchev–Trinajstić information content (AvgIpc) is 2.72. The smallest absolute Gasteiger partial charge is 0.330 e. The largest absolute Gasteiger partial charge is 0.490 e. The number of amides is 1. The Balaban J connectivity index is 2.66. The molecule has 11 heteroatoms. The number of nitrogen functional groups attached to an aromatic ring is 1. The van der Waals surface area contributed by atoms with Crippen LogP contribution >= 0.6 is 0 Å². The van der Waals surface area contributed by atoms with E-state index in [1.54, 1.807) is 0 Å². The molecule has 0 aliphatic heterocycles. The van der Waals surface area contributed by atoms with Gasteiger partial charge in [0, 0.05) is 24.7 Å². The van der Waals surface area contributed by atoms with Crippen molar-refractivity contribution in [1.29, 1.82) is 0 Å². The summed E-state index contributed by atoms with van der Waals surface area (Å²) in [5.41, 5.74) is 4.16. The number of hydrogen-bond donors (Lipinski definition) is 2. The average molecular weight is 433 g/mol. The second-order valence-corrected chi connectivity index (χ2v) is 7.45. The quantitative estimate of drug-likeness (QED) is 0.453. The van der Waals surface area contributed by atoms with Gasteiger partial charge in [-0.05, 0) is 24.5 Å². The number of benzene rings is 1. The highest BCUT2D eigenvalue weighted by atomic mass is 16.6. The van der Waals surface area contributed by atoms with Crippen molar-refractivity contribution in [1.82, 2.24) is 9.55 Å². The highest BCUT2D eigenvalue weighted by Crippen LogP contribution is 2.29. The molecule has 2 rings (SSSR count). The van der Waals surface area contributed by atoms with E-state index < -0.39 is 22.1 Å². The number of nitrogens with zero attached hydrogens (tertiary/aromatic N) is 3. The van der Waals surface area contributed by atoms with Gasteiger partial charge in [-0.3, -0.25) is 29.3 Å². The molecule has 1 heterocycles. The molecule has 0 fully saturated rings. The second-order valence-electron chi connectivity index (χ2n) is 7.45. The molecule has 0 aliphatic carbocycles. The predicted octanol–water partition coefficient (Wildman–Crippen LogP) is 2.14. The lowest BCUT2D eigenvalue weighted by Gasteiger charge is -2.25. The first kappa shape index (κ1) is 23.6. The number of carbonyl (C=O) groups excluding carboxylic acids is 1. The highest BCUT2D eigenvalue weighted by molar-refractivity contribution is 6.07. The molecule has 0 bridgehead atoms. The lowest BCUT2D eigenvalue weighted by Crippen LogP contribution is -2.42. The normalized spacial score (nSPS) is 10.9. The minimum atomic E-state index is -0.796. The number of nitrogens with one attached hydrogen (secondary N) is 1. The van der Waals surface area contributed by atoms with Crippen LogP contribution in [0.4, 0.5) is 17.2 Å². The molecule has 0 saturated heterocycles. The van der Waals surface area contributed by atoms with Crippen molar-refractivity contribution < 1.29 is 14.5 Å². The second kappa shape index (κ2) is 9.92. The van der Waals surface area contributed by atoms with Crippen molar-refractivity contribution in [3.05, 3.63) is 54.7 Å². The number of aromatic amines is 1. The van der Waals surface area contributed by atoms with Gasteiger partial charge in [-0.2, -0.15) is 0 Å². The lowest BCUT2D eigenvalue weighted by atomic mass is 10.1.